The maximum atomic E-state index is 13.7. The second-order valence-electron chi connectivity index (χ2n) is 8.72. The molecule has 9 heteroatoms. The summed E-state index contributed by atoms with van der Waals surface area (Å²) in [6, 6.07) is 16.0. The lowest BCUT2D eigenvalue weighted by Gasteiger charge is -2.37. The molecule has 4 rings (SSSR count). The predicted octanol–water partition coefficient (Wildman–Crippen LogP) is 5.09. The number of carbonyl (C=O) groups is 2. The van der Waals surface area contributed by atoms with Crippen molar-refractivity contribution in [1.82, 2.24) is 9.80 Å². The summed E-state index contributed by atoms with van der Waals surface area (Å²) in [6.07, 6.45) is 1.40. The number of rotatable bonds is 11. The minimum atomic E-state index is -0.245. The van der Waals surface area contributed by atoms with Crippen molar-refractivity contribution in [3.8, 4) is 11.5 Å². The minimum absolute atomic E-state index is 0.0311. The van der Waals surface area contributed by atoms with Crippen LogP contribution in [0.1, 0.15) is 33.3 Å². The Morgan fingerprint density at radius 2 is 1.92 bits per heavy atom. The number of carbonyl (C=O) groups excluding carboxylic acids is 2. The van der Waals surface area contributed by atoms with E-state index in [1.165, 1.54) is 4.88 Å². The first-order valence-electron chi connectivity index (χ1n) is 12.2. The van der Waals surface area contributed by atoms with E-state index in [0.29, 0.717) is 54.8 Å². The number of thiophene rings is 1. The molecule has 0 saturated heterocycles. The number of methoxy groups -OCH3 is 2. The molecule has 196 valence electrons. The van der Waals surface area contributed by atoms with Crippen LogP contribution in [0.2, 0.25) is 5.02 Å². The fourth-order valence-electron chi connectivity index (χ4n) is 4.43. The zero-order chi connectivity index (χ0) is 26.2. The zero-order valence-electron chi connectivity index (χ0n) is 21.0. The van der Waals surface area contributed by atoms with E-state index < -0.39 is 0 Å². The van der Waals surface area contributed by atoms with E-state index in [9.17, 15) is 9.59 Å². The summed E-state index contributed by atoms with van der Waals surface area (Å²) in [6.45, 7) is 1.75. The smallest absolute Gasteiger partial charge is 0.254 e. The van der Waals surface area contributed by atoms with Crippen molar-refractivity contribution in [3.63, 3.8) is 0 Å². The number of hydrogen-bond donors (Lipinski definition) is 0. The SMILES string of the molecule is COCCCN(CC(=O)N1CCc2sccc2[C@@H]1COc1ccc(Cl)cc1)C(=O)c1cccc(OC)c1. The lowest BCUT2D eigenvalue weighted by Crippen LogP contribution is -2.48. The summed E-state index contributed by atoms with van der Waals surface area (Å²) >= 11 is 7.70. The van der Waals surface area contributed by atoms with Crippen LogP contribution in [0.3, 0.4) is 0 Å². The first-order chi connectivity index (χ1) is 18.0. The van der Waals surface area contributed by atoms with Crippen LogP contribution in [0, 0.1) is 0 Å². The van der Waals surface area contributed by atoms with E-state index in [4.69, 9.17) is 25.8 Å². The van der Waals surface area contributed by atoms with E-state index >= 15 is 0 Å². The van der Waals surface area contributed by atoms with Gasteiger partial charge in [-0.15, -0.1) is 11.3 Å². The molecule has 1 aliphatic heterocycles. The molecule has 2 amide bonds. The number of ether oxygens (including phenoxy) is 3. The lowest BCUT2D eigenvalue weighted by atomic mass is 10.0. The highest BCUT2D eigenvalue weighted by Gasteiger charge is 2.33. The summed E-state index contributed by atoms with van der Waals surface area (Å²) < 4.78 is 16.5. The van der Waals surface area contributed by atoms with Crippen molar-refractivity contribution >= 4 is 34.8 Å². The Morgan fingerprint density at radius 3 is 2.68 bits per heavy atom. The fourth-order valence-corrected chi connectivity index (χ4v) is 5.48. The number of halogens is 1. The number of benzene rings is 2. The molecule has 0 N–H and O–H groups in total. The third kappa shape index (κ3) is 6.83. The van der Waals surface area contributed by atoms with Gasteiger partial charge in [-0.1, -0.05) is 17.7 Å². The van der Waals surface area contributed by atoms with Crippen molar-refractivity contribution < 1.29 is 23.8 Å². The van der Waals surface area contributed by atoms with Crippen LogP contribution in [-0.2, 0) is 16.0 Å². The molecule has 2 heterocycles. The average molecular weight is 543 g/mol. The molecule has 1 atom stereocenters. The van der Waals surface area contributed by atoms with Gasteiger partial charge in [0.1, 0.15) is 24.7 Å². The number of amides is 2. The third-order valence-corrected chi connectivity index (χ3v) is 7.59. The van der Waals surface area contributed by atoms with Crippen LogP contribution in [0.5, 0.6) is 11.5 Å². The van der Waals surface area contributed by atoms with Gasteiger partial charge in [-0.3, -0.25) is 9.59 Å². The van der Waals surface area contributed by atoms with Gasteiger partial charge < -0.3 is 24.0 Å². The molecular weight excluding hydrogens is 512 g/mol. The average Bonchev–Trinajstić information content (AvgIpc) is 3.41. The van der Waals surface area contributed by atoms with Crippen molar-refractivity contribution in [2.24, 2.45) is 0 Å². The van der Waals surface area contributed by atoms with Crippen molar-refractivity contribution in [3.05, 3.63) is 81.0 Å². The second kappa shape index (κ2) is 12.9. The van der Waals surface area contributed by atoms with Gasteiger partial charge >= 0.3 is 0 Å². The highest BCUT2D eigenvalue weighted by Crippen LogP contribution is 2.34. The molecule has 0 aliphatic carbocycles. The largest absolute Gasteiger partial charge is 0.497 e. The number of fused-ring (bicyclic) bond motifs is 1. The highest BCUT2D eigenvalue weighted by atomic mass is 35.5. The molecule has 1 aromatic heterocycles. The highest BCUT2D eigenvalue weighted by molar-refractivity contribution is 7.10. The summed E-state index contributed by atoms with van der Waals surface area (Å²) in [5.41, 5.74) is 1.58. The first kappa shape index (κ1) is 27.0. The third-order valence-electron chi connectivity index (χ3n) is 6.34. The number of nitrogens with zero attached hydrogens (tertiary/aromatic N) is 2. The van der Waals surface area contributed by atoms with Gasteiger partial charge in [0.2, 0.25) is 5.91 Å². The van der Waals surface area contributed by atoms with Gasteiger partial charge in [0.05, 0.1) is 13.2 Å². The van der Waals surface area contributed by atoms with Crippen LogP contribution in [0.25, 0.3) is 0 Å². The van der Waals surface area contributed by atoms with E-state index in [1.807, 2.05) is 17.0 Å². The first-order valence-corrected chi connectivity index (χ1v) is 13.4. The van der Waals surface area contributed by atoms with Gasteiger partial charge in [-0.05, 0) is 72.3 Å². The van der Waals surface area contributed by atoms with Crippen LogP contribution in [0.4, 0.5) is 0 Å². The standard InChI is InChI=1S/C28H31ClN2O5S/c1-34-15-4-13-30(28(33)20-5-3-6-23(17-20)35-2)18-27(32)31-14-11-26-24(12-16-37-26)25(31)19-36-22-9-7-21(29)8-10-22/h3,5-10,12,16-17,25H,4,11,13-15,18-19H2,1-2H3/t25-/m0/s1. The summed E-state index contributed by atoms with van der Waals surface area (Å²) in [5, 5.41) is 2.69. The van der Waals surface area contributed by atoms with Crippen LogP contribution < -0.4 is 9.47 Å². The Kier molecular flexibility index (Phi) is 9.44. The molecule has 7 nitrogen and oxygen atoms in total. The van der Waals surface area contributed by atoms with Gasteiger partial charge in [0, 0.05) is 42.3 Å². The quantitative estimate of drug-likeness (QED) is 0.316. The summed E-state index contributed by atoms with van der Waals surface area (Å²) in [7, 11) is 3.18. The number of hydrogen-bond acceptors (Lipinski definition) is 6. The van der Waals surface area contributed by atoms with E-state index in [1.54, 1.807) is 66.9 Å². The Bertz CT molecular complexity index is 1200. The molecular formula is C28H31ClN2O5S. The Hall–Kier alpha value is -3.07. The normalized spacial score (nSPS) is 14.7. The molecule has 0 radical (unpaired) electrons. The Labute approximate surface area is 226 Å². The molecule has 3 aromatic rings. The Balaban J connectivity index is 1.52. The molecule has 2 aromatic carbocycles. The molecule has 0 fully saturated rings. The van der Waals surface area contributed by atoms with Crippen LogP contribution >= 0.6 is 22.9 Å². The minimum Gasteiger partial charge on any atom is -0.497 e. The molecule has 0 spiro atoms. The molecule has 1 aliphatic rings. The van der Waals surface area contributed by atoms with Crippen molar-refractivity contribution in [2.45, 2.75) is 18.9 Å². The lowest BCUT2D eigenvalue weighted by molar-refractivity contribution is -0.135. The maximum absolute atomic E-state index is 13.7. The molecule has 0 saturated carbocycles. The zero-order valence-corrected chi connectivity index (χ0v) is 22.6. The second-order valence-corrected chi connectivity index (χ2v) is 10.2. The van der Waals surface area contributed by atoms with Crippen molar-refractivity contribution in [2.75, 3.05) is 47.1 Å². The van der Waals surface area contributed by atoms with Crippen LogP contribution in [-0.4, -0.2) is 68.7 Å². The topological polar surface area (TPSA) is 68.3 Å². The summed E-state index contributed by atoms with van der Waals surface area (Å²) in [4.78, 5) is 31.8. The molecule has 37 heavy (non-hydrogen) atoms. The van der Waals surface area contributed by atoms with E-state index in [-0.39, 0.29) is 24.4 Å². The van der Waals surface area contributed by atoms with Gasteiger partial charge in [0.15, 0.2) is 0 Å². The van der Waals surface area contributed by atoms with Gasteiger partial charge in [-0.25, -0.2) is 0 Å². The van der Waals surface area contributed by atoms with Crippen molar-refractivity contribution in [1.29, 1.82) is 0 Å². The maximum Gasteiger partial charge on any atom is 0.254 e. The molecule has 0 unspecified atom stereocenters. The predicted molar refractivity (Wildman–Crippen MR) is 145 cm³/mol. The Morgan fingerprint density at radius 1 is 1.11 bits per heavy atom. The van der Waals surface area contributed by atoms with E-state index in [2.05, 4.69) is 11.4 Å². The monoisotopic (exact) mass is 542 g/mol. The molecule has 0 bridgehead atoms. The van der Waals surface area contributed by atoms with Gasteiger partial charge in [0.25, 0.3) is 5.91 Å². The van der Waals surface area contributed by atoms with E-state index in [0.717, 1.165) is 12.0 Å². The van der Waals surface area contributed by atoms with Crippen LogP contribution in [0.15, 0.2) is 60.0 Å². The fraction of sp³-hybridized carbons (Fsp3) is 0.357. The van der Waals surface area contributed by atoms with Gasteiger partial charge in [-0.2, -0.15) is 0 Å². The summed E-state index contributed by atoms with van der Waals surface area (Å²) in [5.74, 6) is 0.948.